The third-order valence-electron chi connectivity index (χ3n) is 5.68. The number of aromatic nitrogens is 2. The van der Waals surface area contributed by atoms with Gasteiger partial charge in [0.2, 0.25) is 0 Å². The molecule has 3 aromatic rings. The van der Waals surface area contributed by atoms with Gasteiger partial charge in [0.25, 0.3) is 0 Å². The molecule has 1 aliphatic rings. The van der Waals surface area contributed by atoms with Crippen LogP contribution in [0.4, 0.5) is 5.69 Å². The lowest BCUT2D eigenvalue weighted by Crippen LogP contribution is -2.31. The van der Waals surface area contributed by atoms with Crippen molar-refractivity contribution in [1.29, 1.82) is 0 Å². The molecule has 0 fully saturated rings. The van der Waals surface area contributed by atoms with Crippen molar-refractivity contribution in [2.75, 3.05) is 11.9 Å². The van der Waals surface area contributed by atoms with Crippen LogP contribution in [-0.2, 0) is 6.54 Å². The van der Waals surface area contributed by atoms with Gasteiger partial charge in [0.1, 0.15) is 0 Å². The Hall–Kier alpha value is -3.25. The molecule has 2 heterocycles. The van der Waals surface area contributed by atoms with Crippen LogP contribution in [0.2, 0.25) is 0 Å². The van der Waals surface area contributed by atoms with Crippen LogP contribution in [0.3, 0.4) is 0 Å². The van der Waals surface area contributed by atoms with Gasteiger partial charge in [0.05, 0.1) is 17.9 Å². The Morgan fingerprint density at radius 2 is 1.93 bits per heavy atom. The lowest BCUT2D eigenvalue weighted by molar-refractivity contribution is 0.402. The van der Waals surface area contributed by atoms with Crippen LogP contribution in [0.1, 0.15) is 43.0 Å². The summed E-state index contributed by atoms with van der Waals surface area (Å²) in [5.41, 5.74) is 14.7. The van der Waals surface area contributed by atoms with E-state index in [0.29, 0.717) is 6.54 Å². The standard InChI is InChI=1S/C24H30N6/c1-4-29-15-19(14-27-29)18-7-10-21-22(13-18)23(11-12-30(26)24(21)17(3)25)28-20-8-5-16(2)6-9-20/h5-10,13-15,23,28H,4,11-12,25-26H2,1-3H3/b24-17-. The van der Waals surface area contributed by atoms with E-state index in [1.54, 1.807) is 5.01 Å². The maximum Gasteiger partial charge on any atom is 0.0777 e. The number of aryl methyl sites for hydroxylation is 2. The van der Waals surface area contributed by atoms with Gasteiger partial charge in [0.15, 0.2) is 0 Å². The Balaban J connectivity index is 1.81. The zero-order valence-corrected chi connectivity index (χ0v) is 17.9. The number of nitrogens with one attached hydrogen (secondary N) is 1. The number of hydrazine groups is 1. The lowest BCUT2D eigenvalue weighted by Gasteiger charge is -2.22. The zero-order chi connectivity index (χ0) is 21.3. The van der Waals surface area contributed by atoms with Crippen LogP contribution in [-0.4, -0.2) is 21.3 Å². The van der Waals surface area contributed by atoms with Crippen LogP contribution >= 0.6 is 0 Å². The summed E-state index contributed by atoms with van der Waals surface area (Å²) in [6.07, 6.45) is 4.87. The molecule has 0 aliphatic carbocycles. The second-order valence-corrected chi connectivity index (χ2v) is 7.96. The largest absolute Gasteiger partial charge is 0.401 e. The molecule has 30 heavy (non-hydrogen) atoms. The molecule has 6 nitrogen and oxygen atoms in total. The van der Waals surface area contributed by atoms with Crippen molar-refractivity contribution in [1.82, 2.24) is 14.8 Å². The van der Waals surface area contributed by atoms with Gasteiger partial charge in [-0.15, -0.1) is 0 Å². The Morgan fingerprint density at radius 3 is 2.60 bits per heavy atom. The van der Waals surface area contributed by atoms with Gasteiger partial charge >= 0.3 is 0 Å². The van der Waals surface area contributed by atoms with E-state index in [4.69, 9.17) is 11.6 Å². The molecule has 0 radical (unpaired) electrons. The van der Waals surface area contributed by atoms with Crippen molar-refractivity contribution >= 4 is 11.4 Å². The van der Waals surface area contributed by atoms with Crippen molar-refractivity contribution in [3.05, 3.63) is 77.2 Å². The van der Waals surface area contributed by atoms with Crippen LogP contribution in [0, 0.1) is 6.92 Å². The monoisotopic (exact) mass is 402 g/mol. The molecule has 1 aromatic heterocycles. The van der Waals surface area contributed by atoms with Gasteiger partial charge in [0, 0.05) is 41.8 Å². The molecule has 1 aliphatic heterocycles. The Kier molecular flexibility index (Phi) is 5.50. The second-order valence-electron chi connectivity index (χ2n) is 7.96. The molecule has 2 aromatic carbocycles. The molecular weight excluding hydrogens is 372 g/mol. The maximum absolute atomic E-state index is 6.40. The number of hydrogen-bond acceptors (Lipinski definition) is 5. The summed E-state index contributed by atoms with van der Waals surface area (Å²) in [5, 5.41) is 9.93. The zero-order valence-electron chi connectivity index (χ0n) is 17.9. The smallest absolute Gasteiger partial charge is 0.0777 e. The number of nitrogens with zero attached hydrogens (tertiary/aromatic N) is 3. The SMILES string of the molecule is CCn1cc(-c2ccc3c(c2)C(Nc2ccc(C)cc2)CCN(N)/C3=C(/C)N)cn1. The summed E-state index contributed by atoms with van der Waals surface area (Å²) in [7, 11) is 0. The van der Waals surface area contributed by atoms with Crippen molar-refractivity contribution in [3.63, 3.8) is 0 Å². The predicted octanol–water partition coefficient (Wildman–Crippen LogP) is 4.26. The first-order valence-electron chi connectivity index (χ1n) is 10.4. The first-order chi connectivity index (χ1) is 14.5. The first-order valence-corrected chi connectivity index (χ1v) is 10.4. The van der Waals surface area contributed by atoms with Crippen LogP contribution in [0.5, 0.6) is 0 Å². The fourth-order valence-electron chi connectivity index (χ4n) is 4.06. The topological polar surface area (TPSA) is 85.1 Å². The number of nitrogens with two attached hydrogens (primary N) is 2. The number of allylic oxidation sites excluding steroid dienone is 1. The summed E-state index contributed by atoms with van der Waals surface area (Å²) in [4.78, 5) is 0. The van der Waals surface area contributed by atoms with Gasteiger partial charge in [-0.2, -0.15) is 5.10 Å². The number of benzene rings is 2. The van der Waals surface area contributed by atoms with Crippen LogP contribution in [0.15, 0.2) is 60.6 Å². The highest BCUT2D eigenvalue weighted by atomic mass is 15.4. The van der Waals surface area contributed by atoms with E-state index in [9.17, 15) is 0 Å². The van der Waals surface area contributed by atoms with Gasteiger partial charge in [-0.25, -0.2) is 5.84 Å². The minimum atomic E-state index is 0.117. The summed E-state index contributed by atoms with van der Waals surface area (Å²) in [6, 6.07) is 15.1. The molecule has 0 saturated carbocycles. The summed E-state index contributed by atoms with van der Waals surface area (Å²) in [5.74, 6) is 6.40. The molecule has 1 unspecified atom stereocenters. The molecule has 5 N–H and O–H groups in total. The second kappa shape index (κ2) is 8.24. The highest BCUT2D eigenvalue weighted by Gasteiger charge is 2.26. The van der Waals surface area contributed by atoms with E-state index < -0.39 is 0 Å². The van der Waals surface area contributed by atoms with E-state index in [1.165, 1.54) is 11.1 Å². The molecule has 156 valence electrons. The summed E-state index contributed by atoms with van der Waals surface area (Å²) in [6.45, 7) is 7.66. The van der Waals surface area contributed by atoms with Crippen LogP contribution in [0.25, 0.3) is 16.8 Å². The summed E-state index contributed by atoms with van der Waals surface area (Å²) < 4.78 is 1.94. The number of hydrogen-bond donors (Lipinski definition) is 3. The third-order valence-corrected chi connectivity index (χ3v) is 5.68. The average molecular weight is 403 g/mol. The Labute approximate surface area is 178 Å². The highest BCUT2D eigenvalue weighted by molar-refractivity contribution is 5.74. The van der Waals surface area contributed by atoms with Crippen molar-refractivity contribution < 1.29 is 0 Å². The van der Waals surface area contributed by atoms with Gasteiger partial charge in [-0.05, 0) is 56.5 Å². The normalized spacial score (nSPS) is 18.0. The lowest BCUT2D eigenvalue weighted by atomic mass is 9.93. The number of anilines is 1. The molecule has 1 atom stereocenters. The quantitative estimate of drug-likeness (QED) is 0.568. The molecule has 0 amide bonds. The van der Waals surface area contributed by atoms with Gasteiger partial charge in [-0.3, -0.25) is 4.68 Å². The molecule has 4 rings (SSSR count). The third kappa shape index (κ3) is 3.91. The number of rotatable bonds is 4. The highest BCUT2D eigenvalue weighted by Crippen LogP contribution is 2.37. The fraction of sp³-hybridized carbons (Fsp3) is 0.292. The predicted molar refractivity (Wildman–Crippen MR) is 123 cm³/mol. The van der Waals surface area contributed by atoms with Crippen molar-refractivity contribution in [2.24, 2.45) is 11.6 Å². The number of fused-ring (bicyclic) bond motifs is 1. The first kappa shape index (κ1) is 20.0. The van der Waals surface area contributed by atoms with Crippen LogP contribution < -0.4 is 16.9 Å². The van der Waals surface area contributed by atoms with Gasteiger partial charge in [-0.1, -0.05) is 29.8 Å². The van der Waals surface area contributed by atoms with Gasteiger partial charge < -0.3 is 16.1 Å². The Morgan fingerprint density at radius 1 is 1.17 bits per heavy atom. The molecule has 0 bridgehead atoms. The molecule has 6 heteroatoms. The average Bonchev–Trinajstić information content (AvgIpc) is 3.17. The van der Waals surface area contributed by atoms with E-state index in [-0.39, 0.29) is 6.04 Å². The van der Waals surface area contributed by atoms with E-state index in [0.717, 1.165) is 46.7 Å². The Bertz CT molecular complexity index is 1060. The minimum Gasteiger partial charge on any atom is -0.401 e. The van der Waals surface area contributed by atoms with E-state index in [1.807, 2.05) is 17.8 Å². The van der Waals surface area contributed by atoms with Crippen molar-refractivity contribution in [2.45, 2.75) is 39.8 Å². The molecular formula is C24H30N6. The van der Waals surface area contributed by atoms with E-state index >= 15 is 0 Å². The van der Waals surface area contributed by atoms with Crippen molar-refractivity contribution in [3.8, 4) is 11.1 Å². The molecule has 0 saturated heterocycles. The summed E-state index contributed by atoms with van der Waals surface area (Å²) >= 11 is 0. The fourth-order valence-corrected chi connectivity index (χ4v) is 4.06. The van der Waals surface area contributed by atoms with E-state index in [2.05, 4.69) is 72.9 Å². The molecule has 0 spiro atoms. The maximum atomic E-state index is 6.40. The minimum absolute atomic E-state index is 0.117.